The molecule has 26 heavy (non-hydrogen) atoms. The van der Waals surface area contributed by atoms with Crippen molar-refractivity contribution in [1.29, 1.82) is 0 Å². The second kappa shape index (κ2) is 7.95. The van der Waals surface area contributed by atoms with Gasteiger partial charge in [0, 0.05) is 24.1 Å². The number of nitrogens with zero attached hydrogens (tertiary/aromatic N) is 2. The van der Waals surface area contributed by atoms with Crippen molar-refractivity contribution in [3.05, 3.63) is 65.0 Å². The van der Waals surface area contributed by atoms with Crippen molar-refractivity contribution in [1.82, 2.24) is 10.1 Å². The summed E-state index contributed by atoms with van der Waals surface area (Å²) >= 11 is 0. The Morgan fingerprint density at radius 2 is 1.85 bits per heavy atom. The van der Waals surface area contributed by atoms with Crippen molar-refractivity contribution >= 4 is 11.6 Å². The molecule has 0 unspecified atom stereocenters. The van der Waals surface area contributed by atoms with E-state index in [0.717, 1.165) is 22.4 Å². The number of carbonyl (C=O) groups is 1. The Morgan fingerprint density at radius 3 is 2.62 bits per heavy atom. The van der Waals surface area contributed by atoms with E-state index in [1.807, 2.05) is 63.2 Å². The van der Waals surface area contributed by atoms with Gasteiger partial charge in [0.05, 0.1) is 0 Å². The maximum atomic E-state index is 12.1. The van der Waals surface area contributed by atoms with E-state index < -0.39 is 0 Å². The van der Waals surface area contributed by atoms with Crippen molar-refractivity contribution in [2.75, 3.05) is 5.32 Å². The van der Waals surface area contributed by atoms with Crippen LogP contribution in [0.2, 0.25) is 0 Å². The first kappa shape index (κ1) is 17.9. The van der Waals surface area contributed by atoms with Gasteiger partial charge >= 0.3 is 0 Å². The lowest BCUT2D eigenvalue weighted by Gasteiger charge is -2.09. The maximum absolute atomic E-state index is 12.1. The van der Waals surface area contributed by atoms with Gasteiger partial charge in [-0.05, 0) is 44.4 Å². The molecule has 134 valence electrons. The fraction of sp³-hybridized carbons (Fsp3) is 0.286. The molecule has 0 aliphatic heterocycles. The molecule has 0 bridgehead atoms. The van der Waals surface area contributed by atoms with Gasteiger partial charge in [-0.2, -0.15) is 4.98 Å². The second-order valence-electron chi connectivity index (χ2n) is 6.53. The SMILES string of the molecule is Cc1ccc(-c2noc(CCCC(=O)Nc3cccc(C)c3C)n2)cc1. The number of benzene rings is 2. The van der Waals surface area contributed by atoms with Crippen LogP contribution < -0.4 is 5.32 Å². The van der Waals surface area contributed by atoms with Crippen LogP contribution in [0.1, 0.15) is 35.4 Å². The van der Waals surface area contributed by atoms with E-state index >= 15 is 0 Å². The van der Waals surface area contributed by atoms with Crippen molar-refractivity contribution in [3.63, 3.8) is 0 Å². The lowest BCUT2D eigenvalue weighted by Crippen LogP contribution is -2.12. The van der Waals surface area contributed by atoms with Crippen LogP contribution in [0.5, 0.6) is 0 Å². The molecule has 0 radical (unpaired) electrons. The van der Waals surface area contributed by atoms with Crippen molar-refractivity contribution < 1.29 is 9.32 Å². The number of hydrogen-bond acceptors (Lipinski definition) is 4. The minimum absolute atomic E-state index is 0.00280. The number of amides is 1. The van der Waals surface area contributed by atoms with Crippen molar-refractivity contribution in [3.8, 4) is 11.4 Å². The third-order valence-corrected chi connectivity index (χ3v) is 4.45. The molecule has 0 saturated carbocycles. The monoisotopic (exact) mass is 349 g/mol. The van der Waals surface area contributed by atoms with E-state index in [1.165, 1.54) is 5.56 Å². The third kappa shape index (κ3) is 4.36. The summed E-state index contributed by atoms with van der Waals surface area (Å²) in [5, 5.41) is 6.98. The van der Waals surface area contributed by atoms with E-state index in [0.29, 0.717) is 31.0 Å². The van der Waals surface area contributed by atoms with Gasteiger partial charge in [-0.15, -0.1) is 0 Å². The second-order valence-corrected chi connectivity index (χ2v) is 6.53. The molecule has 0 spiro atoms. The molecule has 5 nitrogen and oxygen atoms in total. The van der Waals surface area contributed by atoms with E-state index in [9.17, 15) is 4.79 Å². The van der Waals surface area contributed by atoms with Crippen LogP contribution in [0.3, 0.4) is 0 Å². The number of aryl methyl sites for hydroxylation is 3. The molecule has 1 aromatic heterocycles. The first-order valence-electron chi connectivity index (χ1n) is 8.78. The number of rotatable bonds is 6. The summed E-state index contributed by atoms with van der Waals surface area (Å²) in [6.45, 7) is 6.08. The molecule has 1 amide bonds. The van der Waals surface area contributed by atoms with Gasteiger partial charge < -0.3 is 9.84 Å². The lowest BCUT2D eigenvalue weighted by molar-refractivity contribution is -0.116. The minimum atomic E-state index is -0.00280. The first-order chi connectivity index (χ1) is 12.5. The van der Waals surface area contributed by atoms with Gasteiger partial charge in [0.15, 0.2) is 0 Å². The number of hydrogen-bond donors (Lipinski definition) is 1. The zero-order valence-corrected chi connectivity index (χ0v) is 15.4. The quantitative estimate of drug-likeness (QED) is 0.705. The summed E-state index contributed by atoms with van der Waals surface area (Å²) in [6.07, 6.45) is 1.65. The van der Waals surface area contributed by atoms with Crippen molar-refractivity contribution in [2.45, 2.75) is 40.0 Å². The highest BCUT2D eigenvalue weighted by atomic mass is 16.5. The molecule has 0 aliphatic rings. The van der Waals surface area contributed by atoms with E-state index in [1.54, 1.807) is 0 Å². The molecule has 2 aromatic carbocycles. The third-order valence-electron chi connectivity index (χ3n) is 4.45. The zero-order valence-electron chi connectivity index (χ0n) is 15.4. The Bertz CT molecular complexity index is 898. The van der Waals surface area contributed by atoms with E-state index in [-0.39, 0.29) is 5.91 Å². The molecule has 3 rings (SSSR count). The predicted molar refractivity (Wildman–Crippen MR) is 102 cm³/mol. The van der Waals surface area contributed by atoms with Crippen LogP contribution in [0, 0.1) is 20.8 Å². The summed E-state index contributed by atoms with van der Waals surface area (Å²) in [6, 6.07) is 13.9. The average molecular weight is 349 g/mol. The molecule has 0 atom stereocenters. The van der Waals surface area contributed by atoms with Gasteiger partial charge in [-0.25, -0.2) is 0 Å². The minimum Gasteiger partial charge on any atom is -0.339 e. The average Bonchev–Trinajstić information content (AvgIpc) is 3.08. The zero-order chi connectivity index (χ0) is 18.5. The highest BCUT2D eigenvalue weighted by Gasteiger charge is 2.10. The summed E-state index contributed by atoms with van der Waals surface area (Å²) in [4.78, 5) is 16.6. The van der Waals surface area contributed by atoms with Crippen LogP contribution in [0.4, 0.5) is 5.69 Å². The Morgan fingerprint density at radius 1 is 1.08 bits per heavy atom. The Kier molecular flexibility index (Phi) is 5.46. The number of anilines is 1. The Labute approximate surface area is 153 Å². The predicted octanol–water partition coefficient (Wildman–Crippen LogP) is 4.62. The first-order valence-corrected chi connectivity index (χ1v) is 8.78. The highest BCUT2D eigenvalue weighted by molar-refractivity contribution is 5.91. The van der Waals surface area contributed by atoms with Crippen molar-refractivity contribution in [2.24, 2.45) is 0 Å². The summed E-state index contributed by atoms with van der Waals surface area (Å²) < 4.78 is 5.29. The fourth-order valence-corrected chi connectivity index (χ4v) is 2.68. The fourth-order valence-electron chi connectivity index (χ4n) is 2.68. The van der Waals surface area contributed by atoms with Crippen LogP contribution >= 0.6 is 0 Å². The van der Waals surface area contributed by atoms with Crippen LogP contribution in [0.25, 0.3) is 11.4 Å². The van der Waals surface area contributed by atoms with E-state index in [2.05, 4.69) is 15.5 Å². The van der Waals surface area contributed by atoms with Gasteiger partial charge in [0.2, 0.25) is 17.6 Å². The van der Waals surface area contributed by atoms with Crippen LogP contribution in [-0.4, -0.2) is 16.0 Å². The molecule has 3 aromatic rings. The molecule has 0 saturated heterocycles. The maximum Gasteiger partial charge on any atom is 0.226 e. The molecule has 0 aliphatic carbocycles. The molecular weight excluding hydrogens is 326 g/mol. The highest BCUT2D eigenvalue weighted by Crippen LogP contribution is 2.19. The summed E-state index contributed by atoms with van der Waals surface area (Å²) in [5.74, 6) is 1.14. The standard InChI is InChI=1S/C21H23N3O2/c1-14-10-12-17(13-11-14)21-23-20(26-24-21)9-5-8-19(25)22-18-7-4-6-15(2)16(18)3/h4,6-7,10-13H,5,8-9H2,1-3H3,(H,22,25). The van der Waals surface area contributed by atoms with Crippen LogP contribution in [0.15, 0.2) is 47.0 Å². The molecule has 5 heteroatoms. The molecule has 1 heterocycles. The topological polar surface area (TPSA) is 68.0 Å². The van der Waals surface area contributed by atoms with E-state index in [4.69, 9.17) is 4.52 Å². The molecular formula is C21H23N3O2. The normalized spacial score (nSPS) is 10.7. The smallest absolute Gasteiger partial charge is 0.226 e. The largest absolute Gasteiger partial charge is 0.339 e. The Balaban J connectivity index is 1.51. The van der Waals surface area contributed by atoms with Gasteiger partial charge in [-0.3, -0.25) is 4.79 Å². The number of carbonyl (C=O) groups excluding carboxylic acids is 1. The number of aromatic nitrogens is 2. The number of nitrogens with one attached hydrogen (secondary N) is 1. The van der Waals surface area contributed by atoms with Gasteiger partial charge in [0.1, 0.15) is 0 Å². The van der Waals surface area contributed by atoms with Crippen LogP contribution in [-0.2, 0) is 11.2 Å². The summed E-state index contributed by atoms with van der Waals surface area (Å²) in [7, 11) is 0. The Hall–Kier alpha value is -2.95. The molecule has 0 fully saturated rings. The summed E-state index contributed by atoms with van der Waals surface area (Å²) in [5.41, 5.74) is 5.25. The molecule has 1 N–H and O–H groups in total. The van der Waals surface area contributed by atoms with Gasteiger partial charge in [-0.1, -0.05) is 47.1 Å². The van der Waals surface area contributed by atoms with Gasteiger partial charge in [0.25, 0.3) is 0 Å². The lowest BCUT2D eigenvalue weighted by atomic mass is 10.1.